The Bertz CT molecular complexity index is 119. The Balaban J connectivity index is -0.000000174. The van der Waals surface area contributed by atoms with Crippen LogP contribution in [0.5, 0.6) is 0 Å². The summed E-state index contributed by atoms with van der Waals surface area (Å²) in [6, 6.07) is 0. The van der Waals surface area contributed by atoms with Gasteiger partial charge in [0.2, 0.25) is 0 Å². The molecule has 0 aromatic rings. The van der Waals surface area contributed by atoms with E-state index in [1.54, 1.807) is 6.92 Å². The molecular formula is C14H32O3. The highest BCUT2D eigenvalue weighted by atomic mass is 16.5. The first-order chi connectivity index (χ1) is 8.10. The highest BCUT2D eigenvalue weighted by molar-refractivity contribution is 5.65. The smallest absolute Gasteiger partial charge is 0.302 e. The van der Waals surface area contributed by atoms with Crippen LogP contribution < -0.4 is 0 Å². The first-order valence-corrected chi connectivity index (χ1v) is 6.81. The van der Waals surface area contributed by atoms with Crippen molar-refractivity contribution in [3.8, 4) is 0 Å². The predicted molar refractivity (Wildman–Crippen MR) is 74.3 cm³/mol. The number of unbranched alkanes of at least 4 members (excludes halogenated alkanes) is 3. The van der Waals surface area contributed by atoms with Crippen molar-refractivity contribution < 1.29 is 14.3 Å². The van der Waals surface area contributed by atoms with Gasteiger partial charge in [0.25, 0.3) is 0 Å². The Hall–Kier alpha value is -0.570. The maximum absolute atomic E-state index is 9.82. The van der Waals surface area contributed by atoms with Gasteiger partial charge < -0.3 is 9.47 Å². The SMILES string of the molecule is CCCCCC.CCOC(C)=O.CCOCC. The van der Waals surface area contributed by atoms with Gasteiger partial charge in [0, 0.05) is 20.1 Å². The van der Waals surface area contributed by atoms with Crippen molar-refractivity contribution in [3.05, 3.63) is 0 Å². The van der Waals surface area contributed by atoms with Gasteiger partial charge in [-0.2, -0.15) is 0 Å². The first-order valence-electron chi connectivity index (χ1n) is 6.81. The number of ether oxygens (including phenoxy) is 2. The quantitative estimate of drug-likeness (QED) is 0.522. The molecule has 0 fully saturated rings. The number of hydrogen-bond acceptors (Lipinski definition) is 3. The molecule has 0 amide bonds. The molecule has 0 aromatic carbocycles. The van der Waals surface area contributed by atoms with E-state index in [1.165, 1.54) is 32.6 Å². The zero-order chi connectivity index (χ0) is 13.9. The molecule has 0 radical (unpaired) electrons. The van der Waals surface area contributed by atoms with Crippen molar-refractivity contribution in [2.45, 2.75) is 67.2 Å². The van der Waals surface area contributed by atoms with Crippen LogP contribution in [-0.4, -0.2) is 25.8 Å². The Morgan fingerprint density at radius 2 is 1.24 bits per heavy atom. The van der Waals surface area contributed by atoms with Crippen molar-refractivity contribution in [1.82, 2.24) is 0 Å². The molecule has 0 atom stereocenters. The van der Waals surface area contributed by atoms with Crippen molar-refractivity contribution in [3.63, 3.8) is 0 Å². The Morgan fingerprint density at radius 3 is 1.29 bits per heavy atom. The molecule has 0 heterocycles. The molecule has 0 saturated carbocycles. The first kappa shape index (κ1) is 21.7. The zero-order valence-corrected chi connectivity index (χ0v) is 12.7. The highest BCUT2D eigenvalue weighted by Gasteiger charge is 1.81. The van der Waals surface area contributed by atoms with E-state index in [9.17, 15) is 4.79 Å². The third-order valence-electron chi connectivity index (χ3n) is 1.71. The lowest BCUT2D eigenvalue weighted by Gasteiger charge is -1.89. The standard InChI is InChI=1S/C6H14.C4H8O2.C4H10O/c1-3-5-6-4-2;1-3-6-4(2)5;1-3-5-4-2/h3-6H2,1-2H3;3H2,1-2H3;3-4H2,1-2H3. The molecule has 0 saturated heterocycles. The maximum Gasteiger partial charge on any atom is 0.302 e. The van der Waals surface area contributed by atoms with Gasteiger partial charge in [-0.1, -0.05) is 39.5 Å². The van der Waals surface area contributed by atoms with Gasteiger partial charge in [0.1, 0.15) is 0 Å². The van der Waals surface area contributed by atoms with E-state index in [4.69, 9.17) is 4.74 Å². The van der Waals surface area contributed by atoms with Gasteiger partial charge >= 0.3 is 5.97 Å². The summed E-state index contributed by atoms with van der Waals surface area (Å²) in [4.78, 5) is 9.82. The fourth-order valence-electron chi connectivity index (χ4n) is 0.907. The van der Waals surface area contributed by atoms with Crippen LogP contribution in [0.1, 0.15) is 67.2 Å². The second-order valence-electron chi connectivity index (χ2n) is 3.41. The average molecular weight is 248 g/mol. The van der Waals surface area contributed by atoms with Gasteiger partial charge in [-0.3, -0.25) is 4.79 Å². The predicted octanol–water partition coefficient (Wildman–Crippen LogP) is 4.20. The third kappa shape index (κ3) is 50.4. The molecule has 0 aliphatic rings. The number of hydrogen-bond donors (Lipinski definition) is 0. The van der Waals surface area contributed by atoms with Gasteiger partial charge in [-0.25, -0.2) is 0 Å². The molecule has 0 unspecified atom stereocenters. The lowest BCUT2D eigenvalue weighted by Crippen LogP contribution is -1.95. The molecule has 0 bridgehead atoms. The van der Waals surface area contributed by atoms with Gasteiger partial charge in [0.05, 0.1) is 6.61 Å². The summed E-state index contributed by atoms with van der Waals surface area (Å²) < 4.78 is 9.24. The Labute approximate surface area is 108 Å². The van der Waals surface area contributed by atoms with E-state index in [1.807, 2.05) is 13.8 Å². The Morgan fingerprint density at radius 1 is 0.824 bits per heavy atom. The van der Waals surface area contributed by atoms with Crippen LogP contribution in [0, 0.1) is 0 Å². The van der Waals surface area contributed by atoms with E-state index in [-0.39, 0.29) is 5.97 Å². The van der Waals surface area contributed by atoms with Crippen molar-refractivity contribution in [2.75, 3.05) is 19.8 Å². The lowest BCUT2D eigenvalue weighted by molar-refractivity contribution is -0.140. The van der Waals surface area contributed by atoms with E-state index < -0.39 is 0 Å². The summed E-state index contributed by atoms with van der Waals surface area (Å²) in [6.45, 7) is 13.8. The summed E-state index contributed by atoms with van der Waals surface area (Å²) in [6.07, 6.45) is 5.54. The molecule has 17 heavy (non-hydrogen) atoms. The second-order valence-corrected chi connectivity index (χ2v) is 3.41. The largest absolute Gasteiger partial charge is 0.466 e. The van der Waals surface area contributed by atoms with Gasteiger partial charge in [-0.05, 0) is 20.8 Å². The summed E-state index contributed by atoms with van der Waals surface area (Å²) in [5, 5.41) is 0. The highest BCUT2D eigenvalue weighted by Crippen LogP contribution is 1.95. The van der Waals surface area contributed by atoms with Crippen LogP contribution in [-0.2, 0) is 14.3 Å². The number of rotatable bonds is 6. The average Bonchev–Trinajstić information content (AvgIpc) is 2.29. The van der Waals surface area contributed by atoms with E-state index >= 15 is 0 Å². The van der Waals surface area contributed by atoms with E-state index in [0.717, 1.165) is 13.2 Å². The molecule has 3 heteroatoms. The topological polar surface area (TPSA) is 35.5 Å². The Kier molecular flexibility index (Phi) is 31.4. The lowest BCUT2D eigenvalue weighted by atomic mass is 10.2. The van der Waals surface area contributed by atoms with Gasteiger partial charge in [0.15, 0.2) is 0 Å². The van der Waals surface area contributed by atoms with Crippen LogP contribution in [0.4, 0.5) is 0 Å². The minimum atomic E-state index is -0.211. The van der Waals surface area contributed by atoms with Crippen LogP contribution >= 0.6 is 0 Å². The summed E-state index contributed by atoms with van der Waals surface area (Å²) in [5.41, 5.74) is 0. The normalized spacial score (nSPS) is 8.35. The molecule has 0 aromatic heterocycles. The summed E-state index contributed by atoms with van der Waals surface area (Å²) in [7, 11) is 0. The molecular weight excluding hydrogens is 216 g/mol. The number of carbonyl (C=O) groups excluding carboxylic acids is 1. The molecule has 3 nitrogen and oxygen atoms in total. The summed E-state index contributed by atoms with van der Waals surface area (Å²) in [5.74, 6) is -0.211. The molecule has 0 spiro atoms. The zero-order valence-electron chi connectivity index (χ0n) is 12.7. The second kappa shape index (κ2) is 24.6. The van der Waals surface area contributed by atoms with E-state index in [2.05, 4.69) is 18.6 Å². The molecule has 0 aliphatic carbocycles. The van der Waals surface area contributed by atoms with Crippen molar-refractivity contribution >= 4 is 5.97 Å². The van der Waals surface area contributed by atoms with Gasteiger partial charge in [-0.15, -0.1) is 0 Å². The molecule has 0 aliphatic heterocycles. The van der Waals surface area contributed by atoms with Crippen LogP contribution in [0.15, 0.2) is 0 Å². The van der Waals surface area contributed by atoms with Crippen molar-refractivity contribution in [1.29, 1.82) is 0 Å². The molecule has 0 rings (SSSR count). The van der Waals surface area contributed by atoms with Crippen molar-refractivity contribution in [2.24, 2.45) is 0 Å². The van der Waals surface area contributed by atoms with E-state index in [0.29, 0.717) is 6.61 Å². The number of esters is 1. The van der Waals surface area contributed by atoms with Crippen LogP contribution in [0.3, 0.4) is 0 Å². The fourth-order valence-corrected chi connectivity index (χ4v) is 0.907. The maximum atomic E-state index is 9.82. The summed E-state index contributed by atoms with van der Waals surface area (Å²) >= 11 is 0. The molecule has 106 valence electrons. The third-order valence-corrected chi connectivity index (χ3v) is 1.71. The minimum Gasteiger partial charge on any atom is -0.466 e. The molecule has 0 N–H and O–H groups in total. The van der Waals surface area contributed by atoms with Crippen LogP contribution in [0.25, 0.3) is 0 Å². The monoisotopic (exact) mass is 248 g/mol. The van der Waals surface area contributed by atoms with Crippen LogP contribution in [0.2, 0.25) is 0 Å². The number of carbonyl (C=O) groups is 1. The minimum absolute atomic E-state index is 0.211. The fraction of sp³-hybridized carbons (Fsp3) is 0.929.